The van der Waals surface area contributed by atoms with Crippen LogP contribution in [0.1, 0.15) is 32.0 Å². The summed E-state index contributed by atoms with van der Waals surface area (Å²) in [5, 5.41) is 0. The van der Waals surface area contributed by atoms with Gasteiger partial charge >= 0.3 is 11.5 Å². The van der Waals surface area contributed by atoms with Gasteiger partial charge in [-0.05, 0) is 26.4 Å². The van der Waals surface area contributed by atoms with Crippen molar-refractivity contribution < 1.29 is 14.3 Å². The molecule has 1 aromatic heterocycles. The lowest BCUT2D eigenvalue weighted by molar-refractivity contribution is -0.145. The molecule has 0 radical (unpaired) electrons. The highest BCUT2D eigenvalue weighted by molar-refractivity contribution is 5.74. The van der Waals surface area contributed by atoms with Crippen LogP contribution in [0.2, 0.25) is 0 Å². The van der Waals surface area contributed by atoms with Crippen molar-refractivity contribution in [2.45, 2.75) is 32.7 Å². The lowest BCUT2D eigenvalue weighted by Gasteiger charge is -2.21. The second-order valence-electron chi connectivity index (χ2n) is 6.18. The number of hydrogen-bond acceptors (Lipinski definition) is 6. The summed E-state index contributed by atoms with van der Waals surface area (Å²) in [6.07, 6.45) is 2.80. The zero-order valence-corrected chi connectivity index (χ0v) is 14.8. The monoisotopic (exact) mass is 325 g/mol. The molecule has 0 bridgehead atoms. The molecule has 1 unspecified atom stereocenters. The Morgan fingerprint density at radius 3 is 2.48 bits per heavy atom. The summed E-state index contributed by atoms with van der Waals surface area (Å²) in [6, 6.07) is -0.678. The van der Waals surface area contributed by atoms with Crippen molar-refractivity contribution in [2.24, 2.45) is 5.92 Å². The van der Waals surface area contributed by atoms with Gasteiger partial charge in [0, 0.05) is 19.2 Å². The molecule has 0 aliphatic rings. The molecular formula is C16H27N3O4. The van der Waals surface area contributed by atoms with Crippen LogP contribution in [0.4, 0.5) is 0 Å². The van der Waals surface area contributed by atoms with Crippen LogP contribution in [0.3, 0.4) is 0 Å². The first-order valence-electron chi connectivity index (χ1n) is 7.68. The summed E-state index contributed by atoms with van der Waals surface area (Å²) in [5.74, 6) is -0.207. The van der Waals surface area contributed by atoms with Crippen LogP contribution >= 0.6 is 0 Å². The Kier molecular flexibility index (Phi) is 7.22. The molecule has 1 rings (SSSR count). The molecule has 130 valence electrons. The first-order chi connectivity index (χ1) is 10.8. The van der Waals surface area contributed by atoms with Gasteiger partial charge in [-0.2, -0.15) is 0 Å². The minimum atomic E-state index is -0.678. The molecule has 0 aliphatic carbocycles. The van der Waals surface area contributed by atoms with Crippen LogP contribution in [0.25, 0.3) is 0 Å². The quantitative estimate of drug-likeness (QED) is 0.667. The van der Waals surface area contributed by atoms with Crippen LogP contribution in [0.15, 0.2) is 11.0 Å². The summed E-state index contributed by atoms with van der Waals surface area (Å²) in [4.78, 5) is 30.9. The maximum absolute atomic E-state index is 12.5. The molecule has 0 aromatic carbocycles. The number of esters is 1. The van der Waals surface area contributed by atoms with Crippen molar-refractivity contribution >= 4 is 5.97 Å². The Morgan fingerprint density at radius 2 is 2.00 bits per heavy atom. The molecule has 0 saturated carbocycles. The van der Waals surface area contributed by atoms with Crippen molar-refractivity contribution in [3.05, 3.63) is 22.2 Å². The summed E-state index contributed by atoms with van der Waals surface area (Å²) >= 11 is 0. The van der Waals surface area contributed by atoms with Crippen molar-refractivity contribution in [1.29, 1.82) is 0 Å². The van der Waals surface area contributed by atoms with Gasteiger partial charge in [0.15, 0.2) is 0 Å². The smallest absolute Gasteiger partial charge is 0.328 e. The Labute approximate surface area is 137 Å². The number of carbonyl (C=O) groups is 1. The molecule has 0 N–H and O–H groups in total. The fourth-order valence-corrected chi connectivity index (χ4v) is 2.27. The highest BCUT2D eigenvalue weighted by Gasteiger charge is 2.25. The lowest BCUT2D eigenvalue weighted by Crippen LogP contribution is -2.33. The highest BCUT2D eigenvalue weighted by atomic mass is 16.5. The van der Waals surface area contributed by atoms with E-state index in [1.807, 2.05) is 32.8 Å². The van der Waals surface area contributed by atoms with E-state index in [0.717, 1.165) is 6.54 Å². The fraction of sp³-hybridized carbons (Fsp3) is 0.688. The van der Waals surface area contributed by atoms with Crippen molar-refractivity contribution in [3.8, 4) is 5.88 Å². The number of hydrogen-bond donors (Lipinski definition) is 0. The summed E-state index contributed by atoms with van der Waals surface area (Å²) in [5.41, 5.74) is 0.282. The van der Waals surface area contributed by atoms with E-state index in [9.17, 15) is 9.59 Å². The Balaban J connectivity index is 3.31. The van der Waals surface area contributed by atoms with E-state index in [4.69, 9.17) is 9.47 Å². The van der Waals surface area contributed by atoms with Crippen LogP contribution in [0, 0.1) is 5.92 Å². The molecular weight excluding hydrogens is 298 g/mol. The Bertz CT molecular complexity index is 581. The molecule has 0 amide bonds. The number of likely N-dealkylation sites (N-methyl/N-ethyl adjacent to an activating group) is 1. The zero-order chi connectivity index (χ0) is 17.6. The number of nitrogens with zero attached hydrogens (tertiary/aromatic N) is 3. The molecule has 0 aliphatic heterocycles. The standard InChI is InChI=1S/C16H27N3O4/c1-11(2)9-13(16(21)23-6)19-10-12(7-8-18(3)4)17-14(22-5)15(19)20/h10-11,13H,7-9H2,1-6H3. The molecule has 7 nitrogen and oxygen atoms in total. The zero-order valence-electron chi connectivity index (χ0n) is 14.8. The van der Waals surface area contributed by atoms with E-state index in [2.05, 4.69) is 4.98 Å². The summed E-state index contributed by atoms with van der Waals surface area (Å²) < 4.78 is 11.3. The number of ether oxygens (including phenoxy) is 2. The predicted octanol–water partition coefficient (Wildman–Crippen LogP) is 1.12. The predicted molar refractivity (Wildman–Crippen MR) is 87.8 cm³/mol. The number of rotatable bonds is 8. The van der Waals surface area contributed by atoms with Crippen LogP contribution in [-0.2, 0) is 16.0 Å². The second kappa shape index (κ2) is 8.67. The van der Waals surface area contributed by atoms with Gasteiger partial charge in [-0.15, -0.1) is 0 Å². The van der Waals surface area contributed by atoms with Crippen molar-refractivity contribution in [1.82, 2.24) is 14.5 Å². The Morgan fingerprint density at radius 1 is 1.35 bits per heavy atom. The molecule has 1 atom stereocenters. The molecule has 0 spiro atoms. The molecule has 7 heteroatoms. The third-order valence-electron chi connectivity index (χ3n) is 3.46. The molecule has 1 aromatic rings. The van der Waals surface area contributed by atoms with E-state index in [0.29, 0.717) is 18.5 Å². The van der Waals surface area contributed by atoms with Gasteiger partial charge in [0.05, 0.1) is 19.9 Å². The van der Waals surface area contributed by atoms with E-state index >= 15 is 0 Å². The topological polar surface area (TPSA) is 73.7 Å². The van der Waals surface area contributed by atoms with Crippen LogP contribution in [0.5, 0.6) is 5.88 Å². The van der Waals surface area contributed by atoms with Gasteiger partial charge in [0.25, 0.3) is 5.88 Å². The third-order valence-corrected chi connectivity index (χ3v) is 3.46. The maximum atomic E-state index is 12.5. The van der Waals surface area contributed by atoms with Gasteiger partial charge in [0.2, 0.25) is 0 Å². The summed E-state index contributed by atoms with van der Waals surface area (Å²) in [6.45, 7) is 4.76. The SMILES string of the molecule is COC(=O)C(CC(C)C)n1cc(CCN(C)C)nc(OC)c1=O. The van der Waals surface area contributed by atoms with Crippen molar-refractivity contribution in [3.63, 3.8) is 0 Å². The molecule has 23 heavy (non-hydrogen) atoms. The fourth-order valence-electron chi connectivity index (χ4n) is 2.27. The Hall–Kier alpha value is -1.89. The maximum Gasteiger partial charge on any atom is 0.328 e. The van der Waals surface area contributed by atoms with E-state index in [1.54, 1.807) is 6.20 Å². The van der Waals surface area contributed by atoms with Crippen molar-refractivity contribution in [2.75, 3.05) is 34.9 Å². The number of methoxy groups -OCH3 is 2. The normalized spacial score (nSPS) is 12.5. The number of carbonyl (C=O) groups excluding carboxylic acids is 1. The average Bonchev–Trinajstić information content (AvgIpc) is 2.50. The number of aromatic nitrogens is 2. The third kappa shape index (κ3) is 5.35. The minimum Gasteiger partial charge on any atom is -0.477 e. The van der Waals surface area contributed by atoms with Gasteiger partial charge < -0.3 is 14.4 Å². The highest BCUT2D eigenvalue weighted by Crippen LogP contribution is 2.19. The molecule has 0 fully saturated rings. The van der Waals surface area contributed by atoms with E-state index in [1.165, 1.54) is 18.8 Å². The molecule has 0 saturated heterocycles. The summed E-state index contributed by atoms with van der Waals surface area (Å²) in [7, 11) is 6.65. The van der Waals surface area contributed by atoms with Gasteiger partial charge in [-0.1, -0.05) is 13.8 Å². The largest absolute Gasteiger partial charge is 0.477 e. The van der Waals surface area contributed by atoms with Gasteiger partial charge in [-0.3, -0.25) is 9.36 Å². The average molecular weight is 325 g/mol. The second-order valence-corrected chi connectivity index (χ2v) is 6.18. The first kappa shape index (κ1) is 19.2. The van der Waals surface area contributed by atoms with Gasteiger partial charge in [0.1, 0.15) is 6.04 Å². The van der Waals surface area contributed by atoms with Gasteiger partial charge in [-0.25, -0.2) is 9.78 Å². The van der Waals surface area contributed by atoms with E-state index < -0.39 is 17.6 Å². The minimum absolute atomic E-state index is 0.00100. The molecule has 1 heterocycles. The first-order valence-corrected chi connectivity index (χ1v) is 7.68. The van der Waals surface area contributed by atoms with E-state index in [-0.39, 0.29) is 11.8 Å². The van der Waals surface area contributed by atoms with Crippen LogP contribution < -0.4 is 10.3 Å². The lowest BCUT2D eigenvalue weighted by atomic mass is 10.0. The van der Waals surface area contributed by atoms with Crippen LogP contribution in [-0.4, -0.2) is 55.3 Å².